The fraction of sp³-hybridized carbons (Fsp3) is 0.167. The Bertz CT molecular complexity index is 1020. The van der Waals surface area contributed by atoms with Crippen LogP contribution in [0, 0.1) is 6.92 Å². The molecule has 27 heavy (non-hydrogen) atoms. The van der Waals surface area contributed by atoms with Gasteiger partial charge in [0.2, 0.25) is 5.16 Å². The van der Waals surface area contributed by atoms with Crippen LogP contribution in [-0.2, 0) is 0 Å². The normalized spacial score (nSPS) is 18.6. The SMILES string of the molecule is Cc1nnc2n1NC(c1ccc(O)cc1)C(C(=O)c1ccc(Cl)cc1Cl)S2. The number of benzene rings is 2. The summed E-state index contributed by atoms with van der Waals surface area (Å²) in [5.74, 6) is 0.711. The van der Waals surface area contributed by atoms with Gasteiger partial charge in [0, 0.05) is 10.6 Å². The highest BCUT2D eigenvalue weighted by Crippen LogP contribution is 2.39. The monoisotopic (exact) mass is 420 g/mol. The molecule has 6 nitrogen and oxygen atoms in total. The highest BCUT2D eigenvalue weighted by Gasteiger charge is 2.38. The van der Waals surface area contributed by atoms with Crippen LogP contribution >= 0.6 is 35.0 Å². The molecule has 0 radical (unpaired) electrons. The average molecular weight is 421 g/mol. The molecule has 0 spiro atoms. The van der Waals surface area contributed by atoms with Gasteiger partial charge in [-0.25, -0.2) is 4.68 Å². The Hall–Kier alpha value is -2.22. The number of nitrogens with one attached hydrogen (secondary N) is 1. The number of Topliss-reactive ketones (excluding diaryl/α,β-unsaturated/α-hetero) is 1. The van der Waals surface area contributed by atoms with Crippen LogP contribution in [0.2, 0.25) is 10.0 Å². The summed E-state index contributed by atoms with van der Waals surface area (Å²) >= 11 is 13.5. The van der Waals surface area contributed by atoms with E-state index in [9.17, 15) is 9.90 Å². The minimum atomic E-state index is -0.524. The molecule has 138 valence electrons. The number of phenolic OH excluding ortho intramolecular Hbond substituents is 1. The smallest absolute Gasteiger partial charge is 0.210 e. The third kappa shape index (κ3) is 3.38. The van der Waals surface area contributed by atoms with Crippen molar-refractivity contribution in [3.63, 3.8) is 0 Å². The number of halogens is 2. The molecule has 9 heteroatoms. The Morgan fingerprint density at radius 3 is 2.63 bits per heavy atom. The summed E-state index contributed by atoms with van der Waals surface area (Å²) in [6.07, 6.45) is 0. The van der Waals surface area contributed by atoms with E-state index < -0.39 is 5.25 Å². The highest BCUT2D eigenvalue weighted by atomic mass is 35.5. The van der Waals surface area contributed by atoms with E-state index in [2.05, 4.69) is 15.6 Å². The standard InChI is InChI=1S/C18H14Cl2N4O2S/c1-9-21-22-18-24(9)23-15(10-2-5-12(25)6-3-10)17(27-18)16(26)13-7-4-11(19)8-14(13)20/h2-8,15,17,23,25H,1H3. The molecule has 1 aromatic heterocycles. The van der Waals surface area contributed by atoms with Crippen LogP contribution in [0.1, 0.15) is 27.8 Å². The maximum Gasteiger partial charge on any atom is 0.210 e. The van der Waals surface area contributed by atoms with E-state index in [-0.39, 0.29) is 17.6 Å². The molecule has 0 bridgehead atoms. The van der Waals surface area contributed by atoms with Gasteiger partial charge in [0.15, 0.2) is 5.78 Å². The van der Waals surface area contributed by atoms with E-state index in [0.717, 1.165) is 5.56 Å². The molecular formula is C18H14Cl2N4O2S. The summed E-state index contributed by atoms with van der Waals surface area (Å²) in [4.78, 5) is 13.3. The first kappa shape index (κ1) is 18.2. The Morgan fingerprint density at radius 2 is 1.93 bits per heavy atom. The number of carbonyl (C=O) groups is 1. The summed E-state index contributed by atoms with van der Waals surface area (Å²) in [5.41, 5.74) is 4.56. The van der Waals surface area contributed by atoms with E-state index in [1.807, 2.05) is 6.92 Å². The number of carbonyl (C=O) groups excluding carboxylic acids is 1. The van der Waals surface area contributed by atoms with E-state index in [4.69, 9.17) is 23.2 Å². The molecule has 4 rings (SSSR count). The molecule has 0 fully saturated rings. The van der Waals surface area contributed by atoms with Gasteiger partial charge in [-0.2, -0.15) is 0 Å². The second-order valence-corrected chi connectivity index (χ2v) is 8.04. The summed E-state index contributed by atoms with van der Waals surface area (Å²) < 4.78 is 1.76. The molecule has 0 saturated carbocycles. The minimum Gasteiger partial charge on any atom is -0.508 e. The quantitative estimate of drug-likeness (QED) is 0.616. The summed E-state index contributed by atoms with van der Waals surface area (Å²) in [7, 11) is 0. The zero-order chi connectivity index (χ0) is 19.1. The van der Waals surface area contributed by atoms with Crippen molar-refractivity contribution in [1.29, 1.82) is 0 Å². The fourth-order valence-corrected chi connectivity index (χ4v) is 4.63. The number of aryl methyl sites for hydroxylation is 1. The van der Waals surface area contributed by atoms with Crippen LogP contribution < -0.4 is 5.43 Å². The van der Waals surface area contributed by atoms with Crippen molar-refractivity contribution >= 4 is 40.7 Å². The van der Waals surface area contributed by atoms with Crippen molar-refractivity contribution in [2.24, 2.45) is 0 Å². The third-order valence-electron chi connectivity index (χ3n) is 4.31. The second kappa shape index (κ2) is 7.07. The number of fused-ring (bicyclic) bond motifs is 1. The van der Waals surface area contributed by atoms with Crippen molar-refractivity contribution in [1.82, 2.24) is 14.9 Å². The van der Waals surface area contributed by atoms with Crippen LogP contribution in [0.25, 0.3) is 0 Å². The molecule has 2 aromatic carbocycles. The number of aromatic nitrogens is 3. The number of rotatable bonds is 3. The van der Waals surface area contributed by atoms with Gasteiger partial charge >= 0.3 is 0 Å². The molecular weight excluding hydrogens is 407 g/mol. The first-order valence-electron chi connectivity index (χ1n) is 8.07. The maximum atomic E-state index is 13.3. The Kier molecular flexibility index (Phi) is 4.75. The molecule has 2 unspecified atom stereocenters. The first-order valence-corrected chi connectivity index (χ1v) is 9.71. The number of hydrogen-bond acceptors (Lipinski definition) is 6. The predicted molar refractivity (Wildman–Crippen MR) is 105 cm³/mol. The molecule has 3 aromatic rings. The van der Waals surface area contributed by atoms with Gasteiger partial charge in [0.1, 0.15) is 16.8 Å². The Balaban J connectivity index is 1.77. The van der Waals surface area contributed by atoms with Gasteiger partial charge < -0.3 is 10.5 Å². The van der Waals surface area contributed by atoms with E-state index >= 15 is 0 Å². The zero-order valence-corrected chi connectivity index (χ0v) is 16.4. The highest BCUT2D eigenvalue weighted by molar-refractivity contribution is 8.00. The number of hydrogen-bond donors (Lipinski definition) is 2. The minimum absolute atomic E-state index is 0.140. The molecule has 2 N–H and O–H groups in total. The molecule has 2 atom stereocenters. The maximum absolute atomic E-state index is 13.3. The molecule has 2 heterocycles. The summed E-state index contributed by atoms with van der Waals surface area (Å²) in [6.45, 7) is 1.83. The lowest BCUT2D eigenvalue weighted by Gasteiger charge is -2.33. The van der Waals surface area contributed by atoms with Gasteiger partial charge in [-0.1, -0.05) is 47.1 Å². The van der Waals surface area contributed by atoms with Crippen LogP contribution in [-0.4, -0.2) is 31.0 Å². The topological polar surface area (TPSA) is 80.0 Å². The Morgan fingerprint density at radius 1 is 1.19 bits per heavy atom. The molecule has 0 amide bonds. The second-order valence-electron chi connectivity index (χ2n) is 6.09. The summed E-state index contributed by atoms with van der Waals surface area (Å²) in [6, 6.07) is 11.2. The van der Waals surface area contributed by atoms with Crippen LogP contribution in [0.5, 0.6) is 5.75 Å². The number of thioether (sulfide) groups is 1. The van der Waals surface area contributed by atoms with E-state index in [1.165, 1.54) is 11.8 Å². The van der Waals surface area contributed by atoms with Crippen LogP contribution in [0.3, 0.4) is 0 Å². The lowest BCUT2D eigenvalue weighted by atomic mass is 9.97. The molecule has 0 saturated heterocycles. The molecule has 0 aliphatic carbocycles. The van der Waals surface area contributed by atoms with E-state index in [0.29, 0.717) is 26.6 Å². The van der Waals surface area contributed by atoms with Crippen molar-refractivity contribution in [3.05, 3.63) is 69.5 Å². The predicted octanol–water partition coefficient (Wildman–Crippen LogP) is 4.24. The van der Waals surface area contributed by atoms with E-state index in [1.54, 1.807) is 47.1 Å². The third-order valence-corrected chi connectivity index (χ3v) is 6.07. The largest absolute Gasteiger partial charge is 0.508 e. The van der Waals surface area contributed by atoms with Gasteiger partial charge in [0.05, 0.1) is 11.1 Å². The number of nitrogens with zero attached hydrogens (tertiary/aromatic N) is 3. The van der Waals surface area contributed by atoms with Crippen molar-refractivity contribution in [2.45, 2.75) is 23.4 Å². The molecule has 1 aliphatic heterocycles. The van der Waals surface area contributed by atoms with Gasteiger partial charge in [-0.15, -0.1) is 10.2 Å². The van der Waals surface area contributed by atoms with Gasteiger partial charge in [-0.05, 0) is 42.8 Å². The number of phenols is 1. The van der Waals surface area contributed by atoms with Crippen molar-refractivity contribution in [2.75, 3.05) is 5.43 Å². The van der Waals surface area contributed by atoms with Crippen LogP contribution in [0.4, 0.5) is 0 Å². The lowest BCUT2D eigenvalue weighted by molar-refractivity contribution is 0.0980. The Labute approximate surface area is 169 Å². The first-order chi connectivity index (χ1) is 12.9. The van der Waals surface area contributed by atoms with Gasteiger partial charge in [0.25, 0.3) is 0 Å². The summed E-state index contributed by atoms with van der Waals surface area (Å²) in [5, 5.41) is 18.6. The number of aromatic hydroxyl groups is 1. The van der Waals surface area contributed by atoms with Crippen molar-refractivity contribution < 1.29 is 9.90 Å². The lowest BCUT2D eigenvalue weighted by Crippen LogP contribution is -2.39. The number of ketones is 1. The fourth-order valence-electron chi connectivity index (χ4n) is 2.93. The van der Waals surface area contributed by atoms with Crippen LogP contribution in [0.15, 0.2) is 47.6 Å². The zero-order valence-electron chi connectivity index (χ0n) is 14.1. The molecule has 1 aliphatic rings. The average Bonchev–Trinajstić information content (AvgIpc) is 3.01. The van der Waals surface area contributed by atoms with Crippen molar-refractivity contribution in [3.8, 4) is 5.75 Å². The van der Waals surface area contributed by atoms with Gasteiger partial charge in [-0.3, -0.25) is 4.79 Å².